The largest absolute Gasteiger partial charge is 0.368 e. The summed E-state index contributed by atoms with van der Waals surface area (Å²) in [6.45, 7) is 1.98. The van der Waals surface area contributed by atoms with Crippen molar-refractivity contribution in [3.8, 4) is 0 Å². The van der Waals surface area contributed by atoms with Crippen molar-refractivity contribution in [2.45, 2.75) is 31.6 Å². The van der Waals surface area contributed by atoms with E-state index in [1.54, 1.807) is 24.3 Å². The number of rotatable bonds is 9. The summed E-state index contributed by atoms with van der Waals surface area (Å²) in [6.07, 6.45) is 2.05. The van der Waals surface area contributed by atoms with Crippen LogP contribution in [0.15, 0.2) is 48.5 Å². The fraction of sp³-hybridized carbons (Fsp3) is 0.261. The summed E-state index contributed by atoms with van der Waals surface area (Å²) in [4.78, 5) is 37.2. The van der Waals surface area contributed by atoms with Crippen molar-refractivity contribution in [2.24, 2.45) is 0 Å². The molecule has 2 aromatic carbocycles. The number of anilines is 4. The molecular formula is C23H25N7O2S. The van der Waals surface area contributed by atoms with Crippen LogP contribution in [0, 0.1) is 6.92 Å². The Morgan fingerprint density at radius 2 is 1.91 bits per heavy atom. The number of hydrogen-bond donors (Lipinski definition) is 4. The van der Waals surface area contributed by atoms with Crippen LogP contribution in [0.3, 0.4) is 0 Å². The third-order valence-electron chi connectivity index (χ3n) is 4.88. The number of aryl methyl sites for hydroxylation is 1. The molecule has 10 heteroatoms. The van der Waals surface area contributed by atoms with Crippen molar-refractivity contribution in [3.05, 3.63) is 65.5 Å². The fourth-order valence-electron chi connectivity index (χ4n) is 3.06. The van der Waals surface area contributed by atoms with Gasteiger partial charge in [-0.25, -0.2) is 0 Å². The molecule has 0 bridgehead atoms. The van der Waals surface area contributed by atoms with Crippen LogP contribution in [0.1, 0.15) is 34.6 Å². The summed E-state index contributed by atoms with van der Waals surface area (Å²) < 4.78 is 0. The van der Waals surface area contributed by atoms with Crippen molar-refractivity contribution in [1.29, 1.82) is 0 Å². The summed E-state index contributed by atoms with van der Waals surface area (Å²) >= 11 is 1.36. The first kappa shape index (κ1) is 22.5. The van der Waals surface area contributed by atoms with Crippen molar-refractivity contribution < 1.29 is 9.59 Å². The Balaban J connectivity index is 1.29. The number of amides is 2. The van der Waals surface area contributed by atoms with Crippen LogP contribution >= 0.6 is 11.8 Å². The predicted octanol–water partition coefficient (Wildman–Crippen LogP) is 3.27. The van der Waals surface area contributed by atoms with E-state index in [0.29, 0.717) is 28.8 Å². The van der Waals surface area contributed by atoms with Gasteiger partial charge in [-0.15, -0.1) is 11.8 Å². The number of nitrogens with zero attached hydrogens (tertiary/aromatic N) is 3. The smallest absolute Gasteiger partial charge is 0.251 e. The van der Waals surface area contributed by atoms with Crippen molar-refractivity contribution in [2.75, 3.05) is 22.1 Å². The molecule has 2 amide bonds. The monoisotopic (exact) mass is 463 g/mol. The van der Waals surface area contributed by atoms with Gasteiger partial charge in [0, 0.05) is 23.0 Å². The summed E-state index contributed by atoms with van der Waals surface area (Å²) in [5.41, 5.74) is 8.88. The van der Waals surface area contributed by atoms with E-state index in [0.717, 1.165) is 24.1 Å². The van der Waals surface area contributed by atoms with Crippen LogP contribution in [0.25, 0.3) is 0 Å². The van der Waals surface area contributed by atoms with Crippen LogP contribution < -0.4 is 21.7 Å². The molecule has 1 aliphatic carbocycles. The van der Waals surface area contributed by atoms with Crippen LogP contribution in [0.2, 0.25) is 0 Å². The zero-order chi connectivity index (χ0) is 23.2. The number of benzene rings is 2. The van der Waals surface area contributed by atoms with Crippen molar-refractivity contribution >= 4 is 46.8 Å². The maximum atomic E-state index is 12.4. The lowest BCUT2D eigenvalue weighted by molar-refractivity contribution is -0.113. The summed E-state index contributed by atoms with van der Waals surface area (Å²) in [6, 6.07) is 15.0. The molecule has 1 heterocycles. The quantitative estimate of drug-likeness (QED) is 0.380. The first-order valence-corrected chi connectivity index (χ1v) is 11.7. The summed E-state index contributed by atoms with van der Waals surface area (Å²) in [7, 11) is 0. The minimum absolute atomic E-state index is 0.113. The number of para-hydroxylation sites is 1. The van der Waals surface area contributed by atoms with Gasteiger partial charge in [0.15, 0.2) is 0 Å². The van der Waals surface area contributed by atoms with E-state index in [4.69, 9.17) is 5.73 Å². The van der Waals surface area contributed by atoms with Crippen LogP contribution in [0.5, 0.6) is 0 Å². The third kappa shape index (κ3) is 6.66. The van der Waals surface area contributed by atoms with Crippen molar-refractivity contribution in [1.82, 2.24) is 20.3 Å². The molecule has 4 rings (SSSR count). The van der Waals surface area contributed by atoms with Gasteiger partial charge < -0.3 is 21.7 Å². The normalized spacial score (nSPS) is 12.8. The second-order valence-electron chi connectivity index (χ2n) is 7.74. The van der Waals surface area contributed by atoms with Gasteiger partial charge in [-0.05, 0) is 49.6 Å². The van der Waals surface area contributed by atoms with Crippen LogP contribution in [-0.4, -0.2) is 38.6 Å². The average molecular weight is 464 g/mol. The number of nitrogen functional groups attached to an aromatic ring is 1. The predicted molar refractivity (Wildman–Crippen MR) is 130 cm³/mol. The molecule has 1 aliphatic rings. The topological polar surface area (TPSA) is 135 Å². The Morgan fingerprint density at radius 3 is 2.70 bits per heavy atom. The van der Waals surface area contributed by atoms with E-state index in [1.165, 1.54) is 11.8 Å². The number of nitrogens with two attached hydrogens (primary N) is 1. The lowest BCUT2D eigenvalue weighted by Gasteiger charge is -2.10. The Bertz CT molecular complexity index is 1170. The Morgan fingerprint density at radius 1 is 1.09 bits per heavy atom. The Kier molecular flexibility index (Phi) is 7.04. The minimum Gasteiger partial charge on any atom is -0.368 e. The maximum absolute atomic E-state index is 12.4. The van der Waals surface area contributed by atoms with E-state index < -0.39 is 0 Å². The van der Waals surface area contributed by atoms with Gasteiger partial charge in [-0.2, -0.15) is 15.0 Å². The zero-order valence-electron chi connectivity index (χ0n) is 18.2. The average Bonchev–Trinajstić information content (AvgIpc) is 3.59. The number of nitrogens with one attached hydrogen (secondary N) is 3. The number of thioether (sulfide) groups is 1. The lowest BCUT2D eigenvalue weighted by atomic mass is 10.2. The SMILES string of the molecule is Cc1ccccc1Nc1nc(N)nc(CSCC(=O)Nc2cccc(C(=O)NC3CC3)c2)n1. The lowest BCUT2D eigenvalue weighted by Crippen LogP contribution is -2.25. The van der Waals surface area contributed by atoms with Gasteiger partial charge >= 0.3 is 0 Å². The highest BCUT2D eigenvalue weighted by Gasteiger charge is 2.23. The van der Waals surface area contributed by atoms with Gasteiger partial charge in [0.05, 0.1) is 11.5 Å². The summed E-state index contributed by atoms with van der Waals surface area (Å²) in [5, 5.41) is 8.92. The van der Waals surface area contributed by atoms with E-state index in [1.807, 2.05) is 31.2 Å². The molecule has 1 fully saturated rings. The van der Waals surface area contributed by atoms with Crippen LogP contribution in [-0.2, 0) is 10.5 Å². The highest BCUT2D eigenvalue weighted by molar-refractivity contribution is 7.99. The van der Waals surface area contributed by atoms with Gasteiger partial charge in [-0.3, -0.25) is 9.59 Å². The highest BCUT2D eigenvalue weighted by atomic mass is 32.2. The molecular weight excluding hydrogens is 438 g/mol. The van der Waals surface area contributed by atoms with E-state index >= 15 is 0 Å². The van der Waals surface area contributed by atoms with Gasteiger partial charge in [0.1, 0.15) is 5.82 Å². The van der Waals surface area contributed by atoms with Crippen LogP contribution in [0.4, 0.5) is 23.3 Å². The molecule has 5 N–H and O–H groups in total. The third-order valence-corrected chi connectivity index (χ3v) is 5.80. The second kappa shape index (κ2) is 10.3. The number of carbonyl (C=O) groups is 2. The van der Waals surface area contributed by atoms with E-state index in [9.17, 15) is 9.59 Å². The summed E-state index contributed by atoms with van der Waals surface area (Å²) in [5.74, 6) is 1.25. The van der Waals surface area contributed by atoms with E-state index in [-0.39, 0.29) is 29.6 Å². The molecule has 0 aliphatic heterocycles. The number of aromatic nitrogens is 3. The molecule has 3 aromatic rings. The minimum atomic E-state index is -0.181. The molecule has 0 atom stereocenters. The van der Waals surface area contributed by atoms with Gasteiger partial charge in [0.25, 0.3) is 5.91 Å². The molecule has 1 aromatic heterocycles. The molecule has 1 saturated carbocycles. The highest BCUT2D eigenvalue weighted by Crippen LogP contribution is 2.21. The first-order valence-electron chi connectivity index (χ1n) is 10.6. The fourth-order valence-corrected chi connectivity index (χ4v) is 3.73. The number of hydrogen-bond acceptors (Lipinski definition) is 8. The van der Waals surface area contributed by atoms with Gasteiger partial charge in [-0.1, -0.05) is 24.3 Å². The second-order valence-corrected chi connectivity index (χ2v) is 8.73. The molecule has 0 radical (unpaired) electrons. The molecule has 0 spiro atoms. The molecule has 0 unspecified atom stereocenters. The molecule has 170 valence electrons. The molecule has 9 nitrogen and oxygen atoms in total. The maximum Gasteiger partial charge on any atom is 0.251 e. The van der Waals surface area contributed by atoms with Gasteiger partial charge in [0.2, 0.25) is 17.8 Å². The van der Waals surface area contributed by atoms with Crippen molar-refractivity contribution in [3.63, 3.8) is 0 Å². The standard InChI is InChI=1S/C23H25N7O2S/c1-14-5-2-3-8-18(14)27-23-29-19(28-22(24)30-23)12-33-13-20(31)25-17-7-4-6-15(11-17)21(32)26-16-9-10-16/h2-8,11,16H,9-10,12-13H2,1H3,(H,25,31)(H,26,32)(H3,24,27,28,29,30). The zero-order valence-corrected chi connectivity index (χ0v) is 19.0. The van der Waals surface area contributed by atoms with E-state index in [2.05, 4.69) is 30.9 Å². The molecule has 33 heavy (non-hydrogen) atoms. The Labute approximate surface area is 196 Å². The Hall–Kier alpha value is -3.66. The first-order chi connectivity index (χ1) is 16.0. The number of carbonyl (C=O) groups excluding carboxylic acids is 2. The molecule has 0 saturated heterocycles.